The van der Waals surface area contributed by atoms with Crippen LogP contribution in [0.1, 0.15) is 68.9 Å². The molecule has 0 aliphatic heterocycles. The monoisotopic (exact) mass is 546 g/mol. The Kier molecular flexibility index (Phi) is 8.56. The van der Waals surface area contributed by atoms with Gasteiger partial charge < -0.3 is 19.2 Å². The molecule has 6 nitrogen and oxygen atoms in total. The molecule has 1 aliphatic carbocycles. The molecule has 0 fully saturated rings. The van der Waals surface area contributed by atoms with Crippen molar-refractivity contribution >= 4 is 21.6 Å². The Labute approximate surface area is 234 Å². The zero-order chi connectivity index (χ0) is 27.4. The van der Waals surface area contributed by atoms with Crippen LogP contribution in [0.4, 0.5) is 0 Å². The van der Waals surface area contributed by atoms with E-state index in [1.54, 1.807) is 11.3 Å². The van der Waals surface area contributed by atoms with E-state index in [1.807, 2.05) is 37.3 Å². The first-order valence-electron chi connectivity index (χ1n) is 14.1. The van der Waals surface area contributed by atoms with Crippen molar-refractivity contribution in [2.24, 2.45) is 5.92 Å². The number of hydrogen-bond acceptors (Lipinski definition) is 6. The summed E-state index contributed by atoms with van der Waals surface area (Å²) < 4.78 is 18.1. The minimum atomic E-state index is -0.0600. The van der Waals surface area contributed by atoms with E-state index in [-0.39, 0.29) is 5.56 Å². The predicted octanol–water partition coefficient (Wildman–Crippen LogP) is 7.54. The number of H-pyrrole nitrogens is 1. The lowest BCUT2D eigenvalue weighted by Crippen LogP contribution is -2.13. The molecule has 2 atom stereocenters. The molecule has 1 aliphatic rings. The summed E-state index contributed by atoms with van der Waals surface area (Å²) in [7, 11) is 0. The molecule has 7 heteroatoms. The number of nitrogens with zero attached hydrogens (tertiary/aromatic N) is 1. The number of para-hydroxylation sites is 1. The summed E-state index contributed by atoms with van der Waals surface area (Å²) in [6, 6.07) is 14.0. The molecule has 0 bridgehead atoms. The summed E-state index contributed by atoms with van der Waals surface area (Å²) in [4.78, 5) is 23.1. The van der Waals surface area contributed by atoms with Crippen molar-refractivity contribution in [2.45, 2.75) is 65.7 Å². The summed E-state index contributed by atoms with van der Waals surface area (Å²) in [5.74, 6) is 3.93. The van der Waals surface area contributed by atoms with E-state index in [4.69, 9.17) is 19.2 Å². The molecule has 0 unspecified atom stereocenters. The van der Waals surface area contributed by atoms with Crippen molar-refractivity contribution in [2.75, 3.05) is 19.8 Å². The number of aryl methyl sites for hydroxylation is 1. The Balaban J connectivity index is 1.27. The van der Waals surface area contributed by atoms with Gasteiger partial charge in [-0.1, -0.05) is 39.0 Å². The third-order valence-corrected chi connectivity index (χ3v) is 8.70. The first-order valence-corrected chi connectivity index (χ1v) is 15.0. The van der Waals surface area contributed by atoms with Gasteiger partial charge in [0, 0.05) is 16.9 Å². The molecule has 206 valence electrons. The van der Waals surface area contributed by atoms with Crippen LogP contribution in [0.5, 0.6) is 17.2 Å². The van der Waals surface area contributed by atoms with E-state index in [2.05, 4.69) is 37.9 Å². The molecule has 0 amide bonds. The number of benzene rings is 2. The largest absolute Gasteiger partial charge is 0.493 e. The first-order chi connectivity index (χ1) is 19.0. The third kappa shape index (κ3) is 5.98. The third-order valence-electron chi connectivity index (χ3n) is 7.55. The zero-order valence-electron chi connectivity index (χ0n) is 23.3. The molecular weight excluding hydrogens is 508 g/mol. The van der Waals surface area contributed by atoms with Gasteiger partial charge in [-0.2, -0.15) is 0 Å². The zero-order valence-corrected chi connectivity index (χ0v) is 24.2. The lowest BCUT2D eigenvalue weighted by atomic mass is 9.89. The Morgan fingerprint density at radius 1 is 1.05 bits per heavy atom. The smallest absolute Gasteiger partial charge is 0.260 e. The Hall–Kier alpha value is -3.32. The van der Waals surface area contributed by atoms with Gasteiger partial charge in [0.1, 0.15) is 16.4 Å². The average Bonchev–Trinajstić information content (AvgIpc) is 3.31. The quantitative estimate of drug-likeness (QED) is 0.197. The van der Waals surface area contributed by atoms with E-state index in [0.29, 0.717) is 49.0 Å². The minimum absolute atomic E-state index is 0.0600. The van der Waals surface area contributed by atoms with Crippen LogP contribution in [0.15, 0.2) is 47.3 Å². The van der Waals surface area contributed by atoms with Crippen molar-refractivity contribution in [1.29, 1.82) is 0 Å². The van der Waals surface area contributed by atoms with Crippen molar-refractivity contribution in [1.82, 2.24) is 9.97 Å². The summed E-state index contributed by atoms with van der Waals surface area (Å²) in [6.07, 6.45) is 4.93. The molecule has 0 radical (unpaired) electrons. The van der Waals surface area contributed by atoms with E-state index < -0.39 is 0 Å². The van der Waals surface area contributed by atoms with E-state index in [9.17, 15) is 4.79 Å². The lowest BCUT2D eigenvalue weighted by molar-refractivity contribution is 0.234. The lowest BCUT2D eigenvalue weighted by Gasteiger charge is -2.17. The van der Waals surface area contributed by atoms with Crippen LogP contribution in [0.3, 0.4) is 0 Å². The first kappa shape index (κ1) is 27.3. The summed E-state index contributed by atoms with van der Waals surface area (Å²) >= 11 is 1.66. The topological polar surface area (TPSA) is 73.4 Å². The van der Waals surface area contributed by atoms with Gasteiger partial charge in [-0.25, -0.2) is 4.98 Å². The van der Waals surface area contributed by atoms with Crippen LogP contribution in [0.25, 0.3) is 21.6 Å². The number of aromatic amines is 1. The average molecular weight is 547 g/mol. The van der Waals surface area contributed by atoms with Crippen LogP contribution in [0, 0.1) is 5.92 Å². The Morgan fingerprint density at radius 3 is 2.64 bits per heavy atom. The molecule has 2 heterocycles. The predicted molar refractivity (Wildman–Crippen MR) is 159 cm³/mol. The molecule has 4 aromatic rings. The van der Waals surface area contributed by atoms with Gasteiger partial charge in [-0.15, -0.1) is 11.3 Å². The maximum absolute atomic E-state index is 13.1. The van der Waals surface area contributed by atoms with E-state index in [0.717, 1.165) is 53.6 Å². The molecule has 39 heavy (non-hydrogen) atoms. The molecule has 2 aromatic carbocycles. The molecular formula is C32H38N2O4S. The second-order valence-corrected chi connectivity index (χ2v) is 11.5. The highest BCUT2D eigenvalue weighted by Gasteiger charge is 2.23. The molecule has 0 saturated heterocycles. The number of aromatic nitrogens is 2. The maximum Gasteiger partial charge on any atom is 0.260 e. The van der Waals surface area contributed by atoms with Crippen LogP contribution >= 0.6 is 11.3 Å². The standard InChI is InChI=1S/C32H38N2O4S/c1-5-21(4)23-10-7-8-11-25(23)37-16-9-17-38-26-15-13-22(19-27(26)36-6-2)30-33-31(35)29-24-14-12-20(3)18-28(24)39-32(29)34-30/h7-8,10-11,13,15,19-21H,5-6,9,12,14,16-18H2,1-4H3,(H,33,34,35)/t20-,21+/m1/s1. The second-order valence-electron chi connectivity index (χ2n) is 10.4. The van der Waals surface area contributed by atoms with Crippen molar-refractivity contribution in [3.63, 3.8) is 0 Å². The van der Waals surface area contributed by atoms with Gasteiger partial charge in [0.2, 0.25) is 0 Å². The molecule has 5 rings (SSSR count). The summed E-state index contributed by atoms with van der Waals surface area (Å²) in [5, 5.41) is 0.768. The van der Waals surface area contributed by atoms with Gasteiger partial charge in [0.15, 0.2) is 11.5 Å². The van der Waals surface area contributed by atoms with E-state index in [1.165, 1.54) is 16.0 Å². The fourth-order valence-electron chi connectivity index (χ4n) is 5.19. The van der Waals surface area contributed by atoms with Gasteiger partial charge in [-0.05, 0) is 79.8 Å². The van der Waals surface area contributed by atoms with Crippen molar-refractivity contribution < 1.29 is 14.2 Å². The minimum Gasteiger partial charge on any atom is -0.493 e. The number of rotatable bonds is 11. The van der Waals surface area contributed by atoms with Gasteiger partial charge in [0.25, 0.3) is 5.56 Å². The Bertz CT molecular complexity index is 1490. The molecule has 1 N–H and O–H groups in total. The number of fused-ring (bicyclic) bond motifs is 3. The Morgan fingerprint density at radius 2 is 1.85 bits per heavy atom. The normalized spacial score (nSPS) is 15.6. The van der Waals surface area contributed by atoms with E-state index >= 15 is 0 Å². The van der Waals surface area contributed by atoms with Crippen LogP contribution in [-0.2, 0) is 12.8 Å². The highest BCUT2D eigenvalue weighted by molar-refractivity contribution is 7.18. The van der Waals surface area contributed by atoms with Crippen LogP contribution in [-0.4, -0.2) is 29.8 Å². The van der Waals surface area contributed by atoms with Gasteiger partial charge in [-0.3, -0.25) is 4.79 Å². The number of thiophene rings is 1. The second kappa shape index (κ2) is 12.2. The number of hydrogen-bond donors (Lipinski definition) is 1. The number of nitrogens with one attached hydrogen (secondary N) is 1. The van der Waals surface area contributed by atoms with Crippen LogP contribution < -0.4 is 19.8 Å². The molecule has 2 aromatic heterocycles. The van der Waals surface area contributed by atoms with Crippen molar-refractivity contribution in [3.05, 3.63) is 68.8 Å². The van der Waals surface area contributed by atoms with Gasteiger partial charge in [0.05, 0.1) is 25.2 Å². The van der Waals surface area contributed by atoms with Crippen molar-refractivity contribution in [3.8, 4) is 28.6 Å². The highest BCUT2D eigenvalue weighted by atomic mass is 32.1. The summed E-state index contributed by atoms with van der Waals surface area (Å²) in [6.45, 7) is 10.2. The van der Waals surface area contributed by atoms with Crippen LogP contribution in [0.2, 0.25) is 0 Å². The number of ether oxygens (including phenoxy) is 3. The maximum atomic E-state index is 13.1. The molecule has 0 saturated carbocycles. The fourth-order valence-corrected chi connectivity index (χ4v) is 6.57. The molecule has 0 spiro atoms. The highest BCUT2D eigenvalue weighted by Crippen LogP contribution is 2.37. The van der Waals surface area contributed by atoms with Gasteiger partial charge >= 0.3 is 0 Å². The summed E-state index contributed by atoms with van der Waals surface area (Å²) in [5.41, 5.74) is 3.18. The SMILES string of the molecule is CCOc1cc(-c2nc3sc4c(c3c(=O)[nH]2)CC[C@@H](C)C4)ccc1OCCCOc1ccccc1[C@@H](C)CC. The fraction of sp³-hybridized carbons (Fsp3) is 0.438.